The van der Waals surface area contributed by atoms with E-state index < -0.39 is 0 Å². The summed E-state index contributed by atoms with van der Waals surface area (Å²) in [7, 11) is 0. The van der Waals surface area contributed by atoms with E-state index >= 15 is 0 Å². The highest BCUT2D eigenvalue weighted by Crippen LogP contribution is 2.13. The fourth-order valence-electron chi connectivity index (χ4n) is 1.84. The minimum Gasteiger partial charge on any atom is -0.467 e. The van der Waals surface area contributed by atoms with Gasteiger partial charge in [-0.1, -0.05) is 18.2 Å². The fraction of sp³-hybridized carbons (Fsp3) is 0.412. The molecule has 0 spiro atoms. The zero-order valence-electron chi connectivity index (χ0n) is 12.8. The van der Waals surface area contributed by atoms with Crippen LogP contribution in [0, 0.1) is 5.82 Å². The molecule has 2 aromatic rings. The van der Waals surface area contributed by atoms with Crippen molar-refractivity contribution in [2.45, 2.75) is 46.1 Å². The van der Waals surface area contributed by atoms with E-state index in [1.165, 1.54) is 6.07 Å². The summed E-state index contributed by atoms with van der Waals surface area (Å²) in [6.07, 6.45) is 1.72. The number of ether oxygens (including phenoxy) is 1. The van der Waals surface area contributed by atoms with Crippen LogP contribution in [0.3, 0.4) is 0 Å². The average molecular weight is 291 g/mol. The van der Waals surface area contributed by atoms with Gasteiger partial charge in [0.05, 0.1) is 12.9 Å². The first-order valence-corrected chi connectivity index (χ1v) is 7.06. The predicted octanol–water partition coefficient (Wildman–Crippen LogP) is 4.02. The zero-order valence-corrected chi connectivity index (χ0v) is 12.8. The number of rotatable bonds is 6. The second-order valence-corrected chi connectivity index (χ2v) is 6.11. The maximum Gasteiger partial charge on any atom is 0.129 e. The summed E-state index contributed by atoms with van der Waals surface area (Å²) < 4.78 is 24.4. The molecule has 0 radical (unpaired) electrons. The van der Waals surface area contributed by atoms with Crippen LogP contribution in [0.4, 0.5) is 4.39 Å². The van der Waals surface area contributed by atoms with Crippen LogP contribution < -0.4 is 5.32 Å². The Morgan fingerprint density at radius 3 is 2.67 bits per heavy atom. The molecule has 0 saturated heterocycles. The summed E-state index contributed by atoms with van der Waals surface area (Å²) in [4.78, 5) is 0. The summed E-state index contributed by atoms with van der Waals surface area (Å²) >= 11 is 0. The van der Waals surface area contributed by atoms with Crippen LogP contribution in [-0.2, 0) is 24.5 Å². The summed E-state index contributed by atoms with van der Waals surface area (Å²) in [5.41, 5.74) is 1.70. The minimum atomic E-state index is -0.244. The molecule has 0 aliphatic heterocycles. The summed E-state index contributed by atoms with van der Waals surface area (Å²) in [6.45, 7) is 7.68. The molecule has 0 aliphatic rings. The smallest absolute Gasteiger partial charge is 0.129 e. The molecule has 4 heteroatoms. The van der Waals surface area contributed by atoms with E-state index in [-0.39, 0.29) is 18.0 Å². The highest BCUT2D eigenvalue weighted by Gasteiger charge is 2.10. The Hall–Kier alpha value is -1.65. The number of hydrogen-bond acceptors (Lipinski definition) is 3. The Bertz CT molecular complexity index is 572. The topological polar surface area (TPSA) is 34.4 Å². The van der Waals surface area contributed by atoms with E-state index in [1.54, 1.807) is 24.5 Å². The fourth-order valence-corrected chi connectivity index (χ4v) is 1.84. The van der Waals surface area contributed by atoms with Gasteiger partial charge in [-0.3, -0.25) is 0 Å². The normalized spacial score (nSPS) is 11.8. The Labute approximate surface area is 125 Å². The molecule has 21 heavy (non-hydrogen) atoms. The summed E-state index contributed by atoms with van der Waals surface area (Å²) in [5, 5.41) is 3.39. The van der Waals surface area contributed by atoms with Crippen LogP contribution in [0.25, 0.3) is 0 Å². The Morgan fingerprint density at radius 2 is 1.95 bits per heavy atom. The molecule has 1 heterocycles. The third-order valence-corrected chi connectivity index (χ3v) is 2.99. The molecule has 0 atom stereocenters. The Kier molecular flexibility index (Phi) is 5.15. The Morgan fingerprint density at radius 1 is 1.19 bits per heavy atom. The summed E-state index contributed by atoms with van der Waals surface area (Å²) in [5.74, 6) is 0.504. The second-order valence-electron chi connectivity index (χ2n) is 6.11. The third kappa shape index (κ3) is 5.33. The first-order chi connectivity index (χ1) is 9.94. The first-order valence-electron chi connectivity index (χ1n) is 7.06. The average Bonchev–Trinajstić information content (AvgIpc) is 2.86. The van der Waals surface area contributed by atoms with Gasteiger partial charge in [0.1, 0.15) is 18.2 Å². The van der Waals surface area contributed by atoms with Crippen LogP contribution in [-0.4, -0.2) is 5.54 Å². The maximum atomic E-state index is 13.4. The lowest BCUT2D eigenvalue weighted by molar-refractivity contribution is 0.0909. The number of halogens is 1. The third-order valence-electron chi connectivity index (χ3n) is 2.99. The van der Waals surface area contributed by atoms with Crippen LogP contribution in [0.2, 0.25) is 0 Å². The molecule has 0 saturated carbocycles. The van der Waals surface area contributed by atoms with Gasteiger partial charge >= 0.3 is 0 Å². The SMILES string of the molecule is CC(C)(C)NCc1coc(COCc2ccccc2F)c1. The molecular weight excluding hydrogens is 269 g/mol. The largest absolute Gasteiger partial charge is 0.467 e. The number of nitrogens with one attached hydrogen (secondary N) is 1. The quantitative estimate of drug-likeness (QED) is 0.872. The number of hydrogen-bond donors (Lipinski definition) is 1. The second kappa shape index (κ2) is 6.87. The van der Waals surface area contributed by atoms with Gasteiger partial charge in [0.15, 0.2) is 0 Å². The molecule has 1 aromatic carbocycles. The van der Waals surface area contributed by atoms with Crippen molar-refractivity contribution in [2.75, 3.05) is 0 Å². The van der Waals surface area contributed by atoms with Gasteiger partial charge in [0.2, 0.25) is 0 Å². The van der Waals surface area contributed by atoms with Crippen LogP contribution in [0.15, 0.2) is 41.0 Å². The van der Waals surface area contributed by atoms with Crippen molar-refractivity contribution in [2.24, 2.45) is 0 Å². The molecule has 1 aromatic heterocycles. The van der Waals surface area contributed by atoms with E-state index in [9.17, 15) is 4.39 Å². The van der Waals surface area contributed by atoms with Gasteiger partial charge in [-0.2, -0.15) is 0 Å². The maximum absolute atomic E-state index is 13.4. The summed E-state index contributed by atoms with van der Waals surface area (Å²) in [6, 6.07) is 8.57. The van der Waals surface area contributed by atoms with Gasteiger partial charge in [0, 0.05) is 23.2 Å². The van der Waals surface area contributed by atoms with Gasteiger partial charge in [-0.05, 0) is 32.9 Å². The van der Waals surface area contributed by atoms with Gasteiger partial charge < -0.3 is 14.5 Å². The highest BCUT2D eigenvalue weighted by atomic mass is 19.1. The minimum absolute atomic E-state index is 0.0682. The molecule has 0 aliphatic carbocycles. The monoisotopic (exact) mass is 291 g/mol. The molecule has 0 unspecified atom stereocenters. The number of benzene rings is 1. The van der Waals surface area contributed by atoms with Crippen LogP contribution in [0.1, 0.15) is 37.7 Å². The van der Waals surface area contributed by atoms with Crippen molar-refractivity contribution in [1.82, 2.24) is 5.32 Å². The van der Waals surface area contributed by atoms with Crippen molar-refractivity contribution in [3.05, 3.63) is 59.3 Å². The number of furan rings is 1. The predicted molar refractivity (Wildman–Crippen MR) is 80.2 cm³/mol. The lowest BCUT2D eigenvalue weighted by atomic mass is 10.1. The molecule has 3 nitrogen and oxygen atoms in total. The van der Waals surface area contributed by atoms with Gasteiger partial charge in [-0.15, -0.1) is 0 Å². The molecule has 1 N–H and O–H groups in total. The van der Waals surface area contributed by atoms with Crippen LogP contribution >= 0.6 is 0 Å². The van der Waals surface area contributed by atoms with Crippen molar-refractivity contribution in [1.29, 1.82) is 0 Å². The standard InChI is InChI=1S/C17H22FNO2/c1-17(2,3)19-9-13-8-15(21-10-13)12-20-11-14-6-4-5-7-16(14)18/h4-8,10,19H,9,11-12H2,1-3H3. The van der Waals surface area contributed by atoms with Crippen molar-refractivity contribution in [3.8, 4) is 0 Å². The zero-order chi connectivity index (χ0) is 15.3. The van der Waals surface area contributed by atoms with E-state index in [4.69, 9.17) is 9.15 Å². The molecule has 114 valence electrons. The van der Waals surface area contributed by atoms with Crippen LogP contribution in [0.5, 0.6) is 0 Å². The van der Waals surface area contributed by atoms with Crippen molar-refractivity contribution < 1.29 is 13.5 Å². The van der Waals surface area contributed by atoms with E-state index in [0.29, 0.717) is 12.2 Å². The Balaban J connectivity index is 1.79. The van der Waals surface area contributed by atoms with Crippen molar-refractivity contribution in [3.63, 3.8) is 0 Å². The first kappa shape index (κ1) is 15.7. The molecule has 0 bridgehead atoms. The van der Waals surface area contributed by atoms with Crippen molar-refractivity contribution >= 4 is 0 Å². The van der Waals surface area contributed by atoms with E-state index in [2.05, 4.69) is 26.1 Å². The molecule has 0 fully saturated rings. The molecular formula is C17H22FNO2. The van der Waals surface area contributed by atoms with Gasteiger partial charge in [0.25, 0.3) is 0 Å². The highest BCUT2D eigenvalue weighted by molar-refractivity contribution is 5.16. The van der Waals surface area contributed by atoms with Gasteiger partial charge in [-0.25, -0.2) is 4.39 Å². The van der Waals surface area contributed by atoms with E-state index in [1.807, 2.05) is 6.07 Å². The molecule has 0 amide bonds. The lowest BCUT2D eigenvalue weighted by Crippen LogP contribution is -2.34. The van der Waals surface area contributed by atoms with E-state index in [0.717, 1.165) is 17.9 Å². The lowest BCUT2D eigenvalue weighted by Gasteiger charge is -2.19. The molecule has 2 rings (SSSR count).